The Hall–Kier alpha value is -1.82. The number of pyridine rings is 1. The van der Waals surface area contributed by atoms with Gasteiger partial charge < -0.3 is 15.0 Å². The van der Waals surface area contributed by atoms with Crippen LogP contribution in [0.3, 0.4) is 0 Å². The Morgan fingerprint density at radius 2 is 1.88 bits per heavy atom. The van der Waals surface area contributed by atoms with E-state index in [0.717, 1.165) is 34.2 Å². The second-order valence-corrected chi connectivity index (χ2v) is 8.74. The molecule has 0 bridgehead atoms. The average Bonchev–Trinajstić information content (AvgIpc) is 2.99. The van der Waals surface area contributed by atoms with Crippen LogP contribution in [0.2, 0.25) is 0 Å². The molecule has 25 heavy (non-hydrogen) atoms. The summed E-state index contributed by atoms with van der Waals surface area (Å²) >= 11 is 3.56. The molecule has 0 spiro atoms. The maximum atomic E-state index is 12.2. The minimum absolute atomic E-state index is 0.203. The third-order valence-corrected chi connectivity index (χ3v) is 5.53. The van der Waals surface area contributed by atoms with E-state index in [1.165, 1.54) is 0 Å². The highest BCUT2D eigenvalue weighted by atomic mass is 79.9. The van der Waals surface area contributed by atoms with Gasteiger partial charge in [0.1, 0.15) is 11.4 Å². The van der Waals surface area contributed by atoms with Gasteiger partial charge in [-0.05, 0) is 36.7 Å². The molecular weight excluding hydrogens is 382 g/mol. The monoisotopic (exact) mass is 403 g/mol. The maximum absolute atomic E-state index is 12.2. The largest absolute Gasteiger partial charge is 0.444 e. The fourth-order valence-corrected chi connectivity index (χ4v) is 4.10. The second-order valence-electron chi connectivity index (χ2n) is 7.88. The number of rotatable bonds is 2. The molecule has 1 aromatic carbocycles. The fourth-order valence-electron chi connectivity index (χ4n) is 3.65. The highest BCUT2D eigenvalue weighted by Gasteiger charge is 2.57. The molecule has 1 aromatic heterocycles. The SMILES string of the molecule is CC(C)(C)OC(=O)N1C[C@@H]2C(Nc3ncc(Br)c4ccccc34)[C@@H]2C1. The predicted octanol–water partition coefficient (Wildman–Crippen LogP) is 4.27. The van der Waals surface area contributed by atoms with E-state index in [0.29, 0.717) is 17.9 Å². The first-order valence-corrected chi connectivity index (χ1v) is 9.40. The van der Waals surface area contributed by atoms with Gasteiger partial charge >= 0.3 is 6.09 Å². The first kappa shape index (κ1) is 16.6. The Balaban J connectivity index is 1.42. The normalized spacial score (nSPS) is 25.0. The highest BCUT2D eigenvalue weighted by Crippen LogP contribution is 2.48. The van der Waals surface area contributed by atoms with Crippen molar-refractivity contribution in [2.24, 2.45) is 11.8 Å². The molecule has 2 aliphatic rings. The number of halogens is 1. The zero-order valence-electron chi connectivity index (χ0n) is 14.6. The van der Waals surface area contributed by atoms with Gasteiger partial charge in [0.05, 0.1) is 0 Å². The lowest BCUT2D eigenvalue weighted by Gasteiger charge is -2.26. The van der Waals surface area contributed by atoms with Crippen LogP contribution in [0.15, 0.2) is 34.9 Å². The van der Waals surface area contributed by atoms with Crippen molar-refractivity contribution in [2.75, 3.05) is 18.4 Å². The van der Waals surface area contributed by atoms with Gasteiger partial charge in [0, 0.05) is 52.4 Å². The van der Waals surface area contributed by atoms with E-state index in [4.69, 9.17) is 4.74 Å². The molecule has 1 unspecified atom stereocenters. The summed E-state index contributed by atoms with van der Waals surface area (Å²) in [5.41, 5.74) is -0.443. The third-order valence-electron chi connectivity index (χ3n) is 4.90. The lowest BCUT2D eigenvalue weighted by molar-refractivity contribution is 0.0272. The first-order chi connectivity index (χ1) is 11.8. The van der Waals surface area contributed by atoms with Crippen LogP contribution < -0.4 is 5.32 Å². The average molecular weight is 404 g/mol. The van der Waals surface area contributed by atoms with Crippen LogP contribution >= 0.6 is 15.9 Å². The molecule has 5 nitrogen and oxygen atoms in total. The number of hydrogen-bond acceptors (Lipinski definition) is 4. The van der Waals surface area contributed by atoms with Crippen LogP contribution in [0.4, 0.5) is 10.6 Å². The molecule has 1 saturated carbocycles. The summed E-state index contributed by atoms with van der Waals surface area (Å²) in [6.45, 7) is 7.21. The fraction of sp³-hybridized carbons (Fsp3) is 0.474. The van der Waals surface area contributed by atoms with Crippen molar-refractivity contribution in [2.45, 2.75) is 32.4 Å². The molecule has 1 aliphatic heterocycles. The van der Waals surface area contributed by atoms with Gasteiger partial charge in [-0.25, -0.2) is 9.78 Å². The van der Waals surface area contributed by atoms with Crippen LogP contribution in [0.25, 0.3) is 10.8 Å². The molecule has 0 radical (unpaired) electrons. The number of nitrogens with zero attached hydrogens (tertiary/aromatic N) is 2. The third kappa shape index (κ3) is 3.19. The Morgan fingerprint density at radius 3 is 2.52 bits per heavy atom. The van der Waals surface area contributed by atoms with Crippen LogP contribution in [-0.4, -0.2) is 40.7 Å². The Morgan fingerprint density at radius 1 is 1.24 bits per heavy atom. The number of carbonyl (C=O) groups is 1. The van der Waals surface area contributed by atoms with Gasteiger partial charge in [0.15, 0.2) is 0 Å². The molecule has 2 heterocycles. The summed E-state index contributed by atoms with van der Waals surface area (Å²) in [6, 6.07) is 8.61. The van der Waals surface area contributed by atoms with Crippen molar-refractivity contribution < 1.29 is 9.53 Å². The smallest absolute Gasteiger partial charge is 0.410 e. The van der Waals surface area contributed by atoms with Crippen molar-refractivity contribution in [3.8, 4) is 0 Å². The van der Waals surface area contributed by atoms with Crippen molar-refractivity contribution in [1.29, 1.82) is 0 Å². The molecule has 1 aliphatic carbocycles. The quantitative estimate of drug-likeness (QED) is 0.812. The van der Waals surface area contributed by atoms with Crippen molar-refractivity contribution in [3.63, 3.8) is 0 Å². The van der Waals surface area contributed by atoms with Gasteiger partial charge in [-0.15, -0.1) is 0 Å². The van der Waals surface area contributed by atoms with Crippen molar-refractivity contribution >= 4 is 38.6 Å². The molecule has 1 saturated heterocycles. The van der Waals surface area contributed by atoms with E-state index >= 15 is 0 Å². The number of hydrogen-bond donors (Lipinski definition) is 1. The number of piperidine rings is 1. The number of fused-ring (bicyclic) bond motifs is 2. The van der Waals surface area contributed by atoms with E-state index in [2.05, 4.69) is 38.4 Å². The minimum atomic E-state index is -0.443. The molecule has 4 rings (SSSR count). The van der Waals surface area contributed by atoms with Gasteiger partial charge in [-0.2, -0.15) is 0 Å². The summed E-state index contributed by atoms with van der Waals surface area (Å²) in [5, 5.41) is 5.86. The Bertz CT molecular complexity index is 821. The second kappa shape index (κ2) is 5.87. The number of aromatic nitrogens is 1. The number of nitrogens with one attached hydrogen (secondary N) is 1. The Kier molecular flexibility index (Phi) is 3.90. The summed E-state index contributed by atoms with van der Waals surface area (Å²) < 4.78 is 6.46. The van der Waals surface area contributed by atoms with Gasteiger partial charge in [-0.3, -0.25) is 0 Å². The van der Waals surface area contributed by atoms with E-state index < -0.39 is 5.60 Å². The van der Waals surface area contributed by atoms with Crippen LogP contribution in [0.5, 0.6) is 0 Å². The van der Waals surface area contributed by atoms with Crippen LogP contribution in [0.1, 0.15) is 20.8 Å². The first-order valence-electron chi connectivity index (χ1n) is 8.61. The lowest BCUT2D eigenvalue weighted by atomic mass is 10.1. The molecule has 6 heteroatoms. The van der Waals surface area contributed by atoms with Crippen LogP contribution in [-0.2, 0) is 4.74 Å². The summed E-state index contributed by atoms with van der Waals surface area (Å²) in [5.74, 6) is 1.88. The summed E-state index contributed by atoms with van der Waals surface area (Å²) in [7, 11) is 0. The molecule has 2 aromatic rings. The topological polar surface area (TPSA) is 54.5 Å². The van der Waals surface area contributed by atoms with Crippen molar-refractivity contribution in [3.05, 3.63) is 34.9 Å². The molecule has 3 atom stereocenters. The highest BCUT2D eigenvalue weighted by molar-refractivity contribution is 9.10. The molecule has 1 amide bonds. The molecule has 132 valence electrons. The summed E-state index contributed by atoms with van der Waals surface area (Å²) in [4.78, 5) is 18.5. The zero-order chi connectivity index (χ0) is 17.8. The molecule has 1 N–H and O–H groups in total. The number of carbonyl (C=O) groups excluding carboxylic acids is 1. The number of benzene rings is 1. The van der Waals surface area contributed by atoms with E-state index in [9.17, 15) is 4.79 Å². The maximum Gasteiger partial charge on any atom is 0.410 e. The van der Waals surface area contributed by atoms with E-state index in [1.807, 2.05) is 44.0 Å². The molecule has 2 fully saturated rings. The van der Waals surface area contributed by atoms with Gasteiger partial charge in [-0.1, -0.05) is 24.3 Å². The van der Waals surface area contributed by atoms with Gasteiger partial charge in [0.2, 0.25) is 0 Å². The minimum Gasteiger partial charge on any atom is -0.444 e. The number of amides is 1. The number of anilines is 1. The predicted molar refractivity (Wildman–Crippen MR) is 102 cm³/mol. The van der Waals surface area contributed by atoms with Crippen LogP contribution in [0, 0.1) is 11.8 Å². The zero-order valence-corrected chi connectivity index (χ0v) is 16.2. The number of likely N-dealkylation sites (tertiary alicyclic amines) is 1. The Labute approximate surface area is 155 Å². The summed E-state index contributed by atoms with van der Waals surface area (Å²) in [6.07, 6.45) is 1.64. The van der Waals surface area contributed by atoms with E-state index in [1.54, 1.807) is 0 Å². The van der Waals surface area contributed by atoms with Crippen molar-refractivity contribution in [1.82, 2.24) is 9.88 Å². The standard InChI is InChI=1S/C19H22BrN3O2/c1-19(2,3)25-18(24)23-9-13-14(10-23)16(13)22-17-12-7-5-4-6-11(12)15(20)8-21-17/h4-8,13-14,16H,9-10H2,1-3H3,(H,21,22)/t13-,14+,16?. The lowest BCUT2D eigenvalue weighted by Crippen LogP contribution is -2.38. The van der Waals surface area contributed by atoms with E-state index in [-0.39, 0.29) is 6.09 Å². The molecular formula is C19H22BrN3O2. The van der Waals surface area contributed by atoms with Gasteiger partial charge in [0.25, 0.3) is 0 Å². The number of ether oxygens (including phenoxy) is 1.